The maximum Gasteiger partial charge on any atom is 0.246 e. The molecule has 0 aliphatic carbocycles. The van der Waals surface area contributed by atoms with E-state index < -0.39 is 10.0 Å². The Morgan fingerprint density at radius 1 is 1.55 bits per heavy atom. The lowest BCUT2D eigenvalue weighted by atomic mass is 10.4. The van der Waals surface area contributed by atoms with E-state index in [0.717, 1.165) is 0 Å². The maximum atomic E-state index is 12.8. The lowest BCUT2D eigenvalue weighted by molar-refractivity contribution is 0.0752. The molecule has 20 heavy (non-hydrogen) atoms. The molecule has 2 heterocycles. The van der Waals surface area contributed by atoms with Gasteiger partial charge in [-0.25, -0.2) is 8.42 Å². The van der Waals surface area contributed by atoms with Crippen LogP contribution in [0.25, 0.3) is 0 Å². The maximum absolute atomic E-state index is 12.8. The van der Waals surface area contributed by atoms with Crippen LogP contribution in [0.3, 0.4) is 0 Å². The zero-order valence-corrected chi connectivity index (χ0v) is 13.0. The van der Waals surface area contributed by atoms with Gasteiger partial charge in [0.2, 0.25) is 10.0 Å². The Hall–Kier alpha value is -0.960. The molecule has 1 aliphatic heterocycles. The van der Waals surface area contributed by atoms with E-state index in [0.29, 0.717) is 48.9 Å². The standard InChI is InChI=1S/C12H22N4O3S/c1-9-8-16(5-4-6-19-9)20(17,18)12-10(2)14-15-11(12)7-13-3/h9,13H,4-8H2,1-3H3,(H,14,15). The highest BCUT2D eigenvalue weighted by molar-refractivity contribution is 7.89. The van der Waals surface area contributed by atoms with E-state index >= 15 is 0 Å². The molecule has 2 rings (SSSR count). The second-order valence-corrected chi connectivity index (χ2v) is 6.93. The second-order valence-electron chi connectivity index (χ2n) is 5.05. The monoisotopic (exact) mass is 302 g/mol. The van der Waals surface area contributed by atoms with Gasteiger partial charge in [0.15, 0.2) is 0 Å². The molecule has 1 aromatic heterocycles. The average Bonchev–Trinajstić information content (AvgIpc) is 2.60. The molecule has 1 unspecified atom stereocenters. The fourth-order valence-electron chi connectivity index (χ4n) is 2.40. The molecule has 1 aromatic rings. The van der Waals surface area contributed by atoms with Crippen molar-refractivity contribution < 1.29 is 13.2 Å². The second kappa shape index (κ2) is 6.21. The number of ether oxygens (including phenoxy) is 1. The number of nitrogens with zero attached hydrogens (tertiary/aromatic N) is 2. The van der Waals surface area contributed by atoms with E-state index in [1.165, 1.54) is 4.31 Å². The third-order valence-electron chi connectivity index (χ3n) is 3.32. The van der Waals surface area contributed by atoms with Gasteiger partial charge in [-0.15, -0.1) is 0 Å². The number of sulfonamides is 1. The van der Waals surface area contributed by atoms with Crippen molar-refractivity contribution in [2.45, 2.75) is 37.8 Å². The third kappa shape index (κ3) is 3.03. The topological polar surface area (TPSA) is 87.3 Å². The summed E-state index contributed by atoms with van der Waals surface area (Å²) in [6.45, 7) is 5.50. The van der Waals surface area contributed by atoms with Crippen molar-refractivity contribution in [3.05, 3.63) is 11.4 Å². The molecule has 0 spiro atoms. The van der Waals surface area contributed by atoms with E-state index in [2.05, 4.69) is 15.5 Å². The predicted molar refractivity (Wildman–Crippen MR) is 74.9 cm³/mol. The number of rotatable bonds is 4. The zero-order valence-electron chi connectivity index (χ0n) is 12.1. The van der Waals surface area contributed by atoms with Crippen LogP contribution in [0.5, 0.6) is 0 Å². The summed E-state index contributed by atoms with van der Waals surface area (Å²) < 4.78 is 32.7. The van der Waals surface area contributed by atoms with Crippen molar-refractivity contribution in [3.8, 4) is 0 Å². The van der Waals surface area contributed by atoms with Crippen LogP contribution >= 0.6 is 0 Å². The predicted octanol–water partition coefficient (Wildman–Crippen LogP) is 0.237. The summed E-state index contributed by atoms with van der Waals surface area (Å²) in [6, 6.07) is 0. The molecule has 0 radical (unpaired) electrons. The molecule has 7 nitrogen and oxygen atoms in total. The molecule has 114 valence electrons. The first-order valence-corrected chi connectivity index (χ1v) is 8.21. The smallest absolute Gasteiger partial charge is 0.246 e. The highest BCUT2D eigenvalue weighted by Gasteiger charge is 2.32. The first-order valence-electron chi connectivity index (χ1n) is 6.77. The number of hydrogen-bond acceptors (Lipinski definition) is 5. The van der Waals surface area contributed by atoms with E-state index in [-0.39, 0.29) is 6.10 Å². The van der Waals surface area contributed by atoms with Crippen LogP contribution in [-0.4, -0.2) is 55.8 Å². The Balaban J connectivity index is 2.36. The first-order chi connectivity index (χ1) is 9.46. The zero-order chi connectivity index (χ0) is 14.8. The van der Waals surface area contributed by atoms with Crippen molar-refractivity contribution in [2.75, 3.05) is 26.7 Å². The minimum Gasteiger partial charge on any atom is -0.377 e. The van der Waals surface area contributed by atoms with Crippen molar-refractivity contribution >= 4 is 10.0 Å². The van der Waals surface area contributed by atoms with E-state index in [1.807, 2.05) is 6.92 Å². The Bertz CT molecular complexity index is 555. The van der Waals surface area contributed by atoms with Crippen LogP contribution < -0.4 is 5.32 Å². The van der Waals surface area contributed by atoms with Gasteiger partial charge in [-0.2, -0.15) is 9.40 Å². The van der Waals surface area contributed by atoms with Crippen molar-refractivity contribution in [1.82, 2.24) is 19.8 Å². The van der Waals surface area contributed by atoms with Gasteiger partial charge in [-0.1, -0.05) is 0 Å². The summed E-state index contributed by atoms with van der Waals surface area (Å²) >= 11 is 0. The average molecular weight is 302 g/mol. The van der Waals surface area contributed by atoms with Gasteiger partial charge in [-0.05, 0) is 27.3 Å². The number of aromatic amines is 1. The van der Waals surface area contributed by atoms with Gasteiger partial charge < -0.3 is 10.1 Å². The van der Waals surface area contributed by atoms with E-state index in [9.17, 15) is 8.42 Å². The number of aromatic nitrogens is 2. The molecule has 1 aliphatic rings. The first kappa shape index (κ1) is 15.4. The number of hydrogen-bond donors (Lipinski definition) is 2. The molecule has 8 heteroatoms. The number of H-pyrrole nitrogens is 1. The summed E-state index contributed by atoms with van der Waals surface area (Å²) in [4.78, 5) is 0.293. The molecule has 2 N–H and O–H groups in total. The molecule has 1 atom stereocenters. The van der Waals surface area contributed by atoms with Gasteiger partial charge in [0.05, 0.1) is 17.5 Å². The Morgan fingerprint density at radius 3 is 3.00 bits per heavy atom. The third-order valence-corrected chi connectivity index (χ3v) is 5.39. The van der Waals surface area contributed by atoms with Crippen LogP contribution in [0, 0.1) is 6.92 Å². The van der Waals surface area contributed by atoms with Gasteiger partial charge in [0.25, 0.3) is 0 Å². The largest absolute Gasteiger partial charge is 0.377 e. The van der Waals surface area contributed by atoms with Crippen molar-refractivity contribution in [2.24, 2.45) is 0 Å². The quantitative estimate of drug-likeness (QED) is 0.832. The fourth-order valence-corrected chi connectivity index (χ4v) is 4.28. The molecule has 1 fully saturated rings. The summed E-state index contributed by atoms with van der Waals surface area (Å²) in [6.07, 6.45) is 0.620. The molecular formula is C12H22N4O3S. The van der Waals surface area contributed by atoms with E-state index in [4.69, 9.17) is 4.74 Å². The van der Waals surface area contributed by atoms with Crippen LogP contribution in [0.2, 0.25) is 0 Å². The minimum atomic E-state index is -3.54. The van der Waals surface area contributed by atoms with E-state index in [1.54, 1.807) is 14.0 Å². The molecule has 1 saturated heterocycles. The normalized spacial score (nSPS) is 21.9. The van der Waals surface area contributed by atoms with Gasteiger partial charge in [0, 0.05) is 26.2 Å². The van der Waals surface area contributed by atoms with Crippen LogP contribution in [-0.2, 0) is 21.3 Å². The SMILES string of the molecule is CNCc1n[nH]c(C)c1S(=O)(=O)N1CCCOC(C)C1. The summed E-state index contributed by atoms with van der Waals surface area (Å²) in [5, 5.41) is 9.80. The molecule has 0 aromatic carbocycles. The molecule has 0 bridgehead atoms. The summed E-state index contributed by atoms with van der Waals surface area (Å²) in [5.74, 6) is 0. The minimum absolute atomic E-state index is 0.0905. The van der Waals surface area contributed by atoms with Gasteiger partial charge >= 0.3 is 0 Å². The molecule has 0 amide bonds. The Morgan fingerprint density at radius 2 is 2.30 bits per heavy atom. The number of nitrogens with one attached hydrogen (secondary N) is 2. The Labute approximate surface area is 119 Å². The lowest BCUT2D eigenvalue weighted by Gasteiger charge is -2.22. The van der Waals surface area contributed by atoms with Gasteiger partial charge in [0.1, 0.15) is 4.90 Å². The highest BCUT2D eigenvalue weighted by Crippen LogP contribution is 2.24. The fraction of sp³-hybridized carbons (Fsp3) is 0.750. The van der Waals surface area contributed by atoms with Crippen LogP contribution in [0.1, 0.15) is 24.7 Å². The molecule has 0 saturated carbocycles. The summed E-state index contributed by atoms with van der Waals surface area (Å²) in [5.41, 5.74) is 1.11. The van der Waals surface area contributed by atoms with Crippen molar-refractivity contribution in [1.29, 1.82) is 0 Å². The molecular weight excluding hydrogens is 280 g/mol. The number of aryl methyl sites for hydroxylation is 1. The lowest BCUT2D eigenvalue weighted by Crippen LogP contribution is -2.36. The van der Waals surface area contributed by atoms with Crippen LogP contribution in [0.4, 0.5) is 0 Å². The van der Waals surface area contributed by atoms with Crippen LogP contribution in [0.15, 0.2) is 4.90 Å². The van der Waals surface area contributed by atoms with Gasteiger partial charge in [-0.3, -0.25) is 5.10 Å². The highest BCUT2D eigenvalue weighted by atomic mass is 32.2. The van der Waals surface area contributed by atoms with Crippen molar-refractivity contribution in [3.63, 3.8) is 0 Å². The summed E-state index contributed by atoms with van der Waals surface area (Å²) in [7, 11) is -1.77. The Kier molecular flexibility index (Phi) is 4.79.